The summed E-state index contributed by atoms with van der Waals surface area (Å²) in [4.78, 5) is 3.49. The molecule has 20 heavy (non-hydrogen) atoms. The van der Waals surface area contributed by atoms with E-state index < -0.39 is 29.0 Å². The van der Waals surface area contributed by atoms with Gasteiger partial charge in [0.1, 0.15) is 0 Å². The van der Waals surface area contributed by atoms with Crippen molar-refractivity contribution in [2.45, 2.75) is 12.4 Å². The number of hydrogen-bond acceptors (Lipinski definition) is 2. The van der Waals surface area contributed by atoms with Gasteiger partial charge >= 0.3 is 12.4 Å². The molecule has 0 radical (unpaired) electrons. The van der Waals surface area contributed by atoms with E-state index in [0.717, 1.165) is 0 Å². The predicted octanol–water partition coefficient (Wildman–Crippen LogP) is 4.16. The number of alkyl halides is 6. The summed E-state index contributed by atoms with van der Waals surface area (Å²) in [5, 5.41) is 5.31. The Morgan fingerprint density at radius 1 is 0.900 bits per heavy atom. The van der Waals surface area contributed by atoms with E-state index in [1.165, 1.54) is 0 Å². The van der Waals surface area contributed by atoms with Gasteiger partial charge < -0.3 is 0 Å². The molecule has 1 N–H and O–H groups in total. The lowest BCUT2D eigenvalue weighted by molar-refractivity contribution is -0.143. The van der Waals surface area contributed by atoms with Crippen LogP contribution in [-0.2, 0) is 12.4 Å². The molecule has 0 aliphatic heterocycles. The van der Waals surface area contributed by atoms with E-state index in [1.54, 1.807) is 0 Å². The van der Waals surface area contributed by atoms with Gasteiger partial charge in [0.15, 0.2) is 5.82 Å². The highest BCUT2D eigenvalue weighted by molar-refractivity contribution is 6.28. The first kappa shape index (κ1) is 14.6. The van der Waals surface area contributed by atoms with Gasteiger partial charge in [-0.1, -0.05) is 0 Å². The molecule has 0 spiro atoms. The number of H-pyrrole nitrogens is 1. The lowest BCUT2D eigenvalue weighted by Crippen LogP contribution is -2.11. The normalized spacial score (nSPS) is 12.8. The Balaban J connectivity index is 2.63. The summed E-state index contributed by atoms with van der Waals surface area (Å²) in [6.45, 7) is 0. The highest BCUT2D eigenvalue weighted by Crippen LogP contribution is 2.38. The van der Waals surface area contributed by atoms with Crippen molar-refractivity contribution >= 4 is 11.6 Å². The molecule has 0 aliphatic carbocycles. The number of aromatic nitrogens is 3. The van der Waals surface area contributed by atoms with E-state index in [9.17, 15) is 26.3 Å². The van der Waals surface area contributed by atoms with Crippen LogP contribution in [-0.4, -0.2) is 15.2 Å². The van der Waals surface area contributed by atoms with Crippen LogP contribution in [0.15, 0.2) is 18.2 Å². The van der Waals surface area contributed by atoms with Gasteiger partial charge in [-0.2, -0.15) is 36.4 Å². The van der Waals surface area contributed by atoms with Crippen molar-refractivity contribution in [1.29, 1.82) is 0 Å². The van der Waals surface area contributed by atoms with Crippen molar-refractivity contribution in [1.82, 2.24) is 15.2 Å². The van der Waals surface area contributed by atoms with Crippen LogP contribution in [0.2, 0.25) is 5.28 Å². The zero-order valence-corrected chi connectivity index (χ0v) is 10.0. The minimum atomic E-state index is -4.92. The summed E-state index contributed by atoms with van der Waals surface area (Å²) in [6.07, 6.45) is -9.84. The van der Waals surface area contributed by atoms with Crippen LogP contribution < -0.4 is 0 Å². The summed E-state index contributed by atoms with van der Waals surface area (Å²) < 4.78 is 75.7. The summed E-state index contributed by atoms with van der Waals surface area (Å²) in [5.74, 6) is -0.355. The van der Waals surface area contributed by atoms with Crippen LogP contribution in [0, 0.1) is 0 Å². The molecule has 108 valence electrons. The molecule has 0 saturated carbocycles. The van der Waals surface area contributed by atoms with Crippen LogP contribution in [0.3, 0.4) is 0 Å². The van der Waals surface area contributed by atoms with Crippen molar-refractivity contribution in [3.63, 3.8) is 0 Å². The number of aromatic amines is 1. The molecule has 2 aromatic rings. The molecule has 10 heteroatoms. The Labute approximate surface area is 112 Å². The van der Waals surface area contributed by atoms with E-state index in [4.69, 9.17) is 11.6 Å². The first-order valence-electron chi connectivity index (χ1n) is 4.95. The SMILES string of the molecule is FC(F)(F)c1cc(-c2n[nH]c(Cl)n2)cc(C(F)(F)F)c1. The average Bonchev–Trinajstić information content (AvgIpc) is 2.73. The lowest BCUT2D eigenvalue weighted by atomic mass is 10.0. The van der Waals surface area contributed by atoms with Crippen LogP contribution >= 0.6 is 11.6 Å². The Morgan fingerprint density at radius 3 is 1.75 bits per heavy atom. The summed E-state index contributed by atoms with van der Waals surface area (Å²) in [7, 11) is 0. The topological polar surface area (TPSA) is 41.6 Å². The van der Waals surface area contributed by atoms with E-state index in [2.05, 4.69) is 15.2 Å². The summed E-state index contributed by atoms with van der Waals surface area (Å²) in [6, 6.07) is 1.07. The van der Waals surface area contributed by atoms with Crippen molar-refractivity contribution in [3.8, 4) is 11.4 Å². The zero-order chi connectivity index (χ0) is 15.1. The highest BCUT2D eigenvalue weighted by Gasteiger charge is 2.37. The molecule has 0 aliphatic rings. The van der Waals surface area contributed by atoms with Gasteiger partial charge in [0.05, 0.1) is 11.1 Å². The maximum atomic E-state index is 12.6. The standard InChI is InChI=1S/C10H4ClF6N3/c11-8-18-7(19-20-8)4-1-5(9(12,13)14)3-6(2-4)10(15,16)17/h1-3H,(H,18,19,20). The van der Waals surface area contributed by atoms with Gasteiger partial charge in [-0.15, -0.1) is 0 Å². The van der Waals surface area contributed by atoms with Crippen molar-refractivity contribution < 1.29 is 26.3 Å². The molecule has 0 atom stereocenters. The second-order valence-corrected chi connectivity index (χ2v) is 4.10. The maximum Gasteiger partial charge on any atom is 0.416 e. The van der Waals surface area contributed by atoms with Crippen LogP contribution in [0.1, 0.15) is 11.1 Å². The Morgan fingerprint density at radius 2 is 1.40 bits per heavy atom. The molecule has 1 heterocycles. The van der Waals surface area contributed by atoms with E-state index in [-0.39, 0.29) is 17.2 Å². The predicted molar refractivity (Wildman–Crippen MR) is 56.8 cm³/mol. The first-order chi connectivity index (χ1) is 9.07. The smallest absolute Gasteiger partial charge is 0.249 e. The monoisotopic (exact) mass is 315 g/mol. The quantitative estimate of drug-likeness (QED) is 0.803. The van der Waals surface area contributed by atoms with E-state index in [1.807, 2.05) is 0 Å². The molecule has 1 aromatic carbocycles. The first-order valence-corrected chi connectivity index (χ1v) is 5.33. The van der Waals surface area contributed by atoms with Crippen molar-refractivity contribution in [3.05, 3.63) is 34.6 Å². The lowest BCUT2D eigenvalue weighted by Gasteiger charge is -2.13. The fraction of sp³-hybridized carbons (Fsp3) is 0.200. The number of hydrogen-bond donors (Lipinski definition) is 1. The number of nitrogens with zero attached hydrogens (tertiary/aromatic N) is 2. The summed E-state index contributed by atoms with van der Waals surface area (Å²) >= 11 is 5.40. The third-order valence-corrected chi connectivity index (χ3v) is 2.47. The Kier molecular flexibility index (Phi) is 3.41. The van der Waals surface area contributed by atoms with Crippen LogP contribution in [0.25, 0.3) is 11.4 Å². The van der Waals surface area contributed by atoms with Gasteiger partial charge in [-0.05, 0) is 29.8 Å². The fourth-order valence-corrected chi connectivity index (χ4v) is 1.58. The van der Waals surface area contributed by atoms with E-state index in [0.29, 0.717) is 12.1 Å². The van der Waals surface area contributed by atoms with Gasteiger partial charge in [0.25, 0.3) is 0 Å². The molecular formula is C10H4ClF6N3. The van der Waals surface area contributed by atoms with E-state index >= 15 is 0 Å². The van der Waals surface area contributed by atoms with Gasteiger partial charge in [0, 0.05) is 5.56 Å². The molecule has 0 bridgehead atoms. The van der Waals surface area contributed by atoms with Crippen molar-refractivity contribution in [2.75, 3.05) is 0 Å². The minimum absolute atomic E-state index is 0.0256. The number of rotatable bonds is 1. The largest absolute Gasteiger partial charge is 0.416 e. The summed E-state index contributed by atoms with van der Waals surface area (Å²) in [5.41, 5.74) is -3.32. The zero-order valence-electron chi connectivity index (χ0n) is 9.27. The second kappa shape index (κ2) is 4.65. The third kappa shape index (κ3) is 3.03. The molecular weight excluding hydrogens is 312 g/mol. The fourth-order valence-electron chi connectivity index (χ4n) is 1.46. The van der Waals surface area contributed by atoms with Crippen molar-refractivity contribution in [2.24, 2.45) is 0 Å². The van der Waals surface area contributed by atoms with Crippen LogP contribution in [0.5, 0.6) is 0 Å². The molecule has 1 aromatic heterocycles. The van der Waals surface area contributed by atoms with Gasteiger partial charge in [0.2, 0.25) is 5.28 Å². The third-order valence-electron chi connectivity index (χ3n) is 2.30. The van der Waals surface area contributed by atoms with Gasteiger partial charge in [-0.3, -0.25) is 0 Å². The Hall–Kier alpha value is -1.77. The average molecular weight is 316 g/mol. The molecule has 3 nitrogen and oxygen atoms in total. The number of nitrogens with one attached hydrogen (secondary N) is 1. The van der Waals surface area contributed by atoms with Crippen LogP contribution in [0.4, 0.5) is 26.3 Å². The second-order valence-electron chi connectivity index (χ2n) is 3.74. The highest BCUT2D eigenvalue weighted by atomic mass is 35.5. The van der Waals surface area contributed by atoms with Gasteiger partial charge in [-0.25, -0.2) is 5.10 Å². The number of halogens is 7. The minimum Gasteiger partial charge on any atom is -0.249 e. The molecule has 0 fully saturated rings. The molecule has 2 rings (SSSR count). The molecule has 0 amide bonds. The number of benzene rings is 1. The molecule has 0 unspecified atom stereocenters. The molecule has 0 saturated heterocycles. The Bertz CT molecular complexity index is 598. The maximum absolute atomic E-state index is 12.6.